The van der Waals surface area contributed by atoms with Gasteiger partial charge in [-0.05, 0) is 18.2 Å². The van der Waals surface area contributed by atoms with Gasteiger partial charge < -0.3 is 5.11 Å². The highest BCUT2D eigenvalue weighted by molar-refractivity contribution is 9.10. The Morgan fingerprint density at radius 1 is 1.44 bits per heavy atom. The second-order valence-electron chi connectivity index (χ2n) is 1.70. The minimum absolute atomic E-state index is 0.309. The minimum Gasteiger partial charge on any atom is -0.507 e. The molecule has 0 aliphatic rings. The molecular weight excluding hydrogens is 199 g/mol. The zero-order valence-electron chi connectivity index (χ0n) is 4.63. The summed E-state index contributed by atoms with van der Waals surface area (Å²) in [6.07, 6.45) is 0. The number of phenols is 1. The van der Waals surface area contributed by atoms with Crippen LogP contribution in [0.1, 0.15) is 0 Å². The van der Waals surface area contributed by atoms with Gasteiger partial charge in [0.25, 0.3) is 0 Å². The molecule has 0 aliphatic carbocycles. The summed E-state index contributed by atoms with van der Waals surface area (Å²) in [5.41, 5.74) is 0. The SMILES string of the molecule is Oc1ccc(Br)cc1P. The van der Waals surface area contributed by atoms with E-state index in [4.69, 9.17) is 5.11 Å². The van der Waals surface area contributed by atoms with Gasteiger partial charge >= 0.3 is 0 Å². The van der Waals surface area contributed by atoms with E-state index < -0.39 is 0 Å². The molecule has 0 aliphatic heterocycles. The quantitative estimate of drug-likeness (QED) is 0.638. The molecule has 1 aromatic rings. The highest BCUT2D eigenvalue weighted by atomic mass is 79.9. The van der Waals surface area contributed by atoms with E-state index in [1.54, 1.807) is 12.1 Å². The lowest BCUT2D eigenvalue weighted by molar-refractivity contribution is 0.480. The fourth-order valence-electron chi connectivity index (χ4n) is 0.525. The molecule has 0 heterocycles. The van der Waals surface area contributed by atoms with Crippen LogP contribution in [0.25, 0.3) is 0 Å². The first kappa shape index (κ1) is 7.04. The maximum absolute atomic E-state index is 9.00. The van der Waals surface area contributed by atoms with Crippen LogP contribution in [0.3, 0.4) is 0 Å². The molecule has 0 fully saturated rings. The van der Waals surface area contributed by atoms with Crippen molar-refractivity contribution >= 4 is 30.5 Å². The largest absolute Gasteiger partial charge is 0.507 e. The van der Waals surface area contributed by atoms with Crippen LogP contribution >= 0.6 is 25.2 Å². The van der Waals surface area contributed by atoms with Crippen LogP contribution in [0.4, 0.5) is 0 Å². The van der Waals surface area contributed by atoms with Crippen LogP contribution < -0.4 is 5.30 Å². The van der Waals surface area contributed by atoms with E-state index in [1.807, 2.05) is 6.07 Å². The Bertz CT molecular complexity index is 224. The lowest BCUT2D eigenvalue weighted by Gasteiger charge is -1.95. The van der Waals surface area contributed by atoms with E-state index in [0.29, 0.717) is 5.75 Å². The predicted molar refractivity (Wildman–Crippen MR) is 45.2 cm³/mol. The smallest absolute Gasteiger partial charge is 0.122 e. The van der Waals surface area contributed by atoms with Gasteiger partial charge in [-0.2, -0.15) is 0 Å². The first-order valence-electron chi connectivity index (χ1n) is 2.44. The van der Waals surface area contributed by atoms with Crippen LogP contribution in [0.2, 0.25) is 0 Å². The molecule has 48 valence electrons. The van der Waals surface area contributed by atoms with E-state index in [1.165, 1.54) is 0 Å². The van der Waals surface area contributed by atoms with Crippen molar-refractivity contribution in [2.24, 2.45) is 0 Å². The molecule has 1 nitrogen and oxygen atoms in total. The average molecular weight is 205 g/mol. The third kappa shape index (κ3) is 1.67. The van der Waals surface area contributed by atoms with Gasteiger partial charge in [0.05, 0.1) is 0 Å². The molecule has 1 N–H and O–H groups in total. The number of benzene rings is 1. The zero-order valence-corrected chi connectivity index (χ0v) is 7.38. The monoisotopic (exact) mass is 204 g/mol. The standard InChI is InChI=1S/C6H6BrOP/c7-4-1-2-5(8)6(9)3-4/h1-3,8H,9H2. The predicted octanol–water partition coefficient (Wildman–Crippen LogP) is 1.66. The van der Waals surface area contributed by atoms with E-state index in [0.717, 1.165) is 9.78 Å². The van der Waals surface area contributed by atoms with Crippen molar-refractivity contribution in [3.8, 4) is 5.75 Å². The third-order valence-electron chi connectivity index (χ3n) is 0.990. The Labute approximate surface area is 64.4 Å². The van der Waals surface area contributed by atoms with Crippen molar-refractivity contribution in [1.29, 1.82) is 0 Å². The third-order valence-corrected chi connectivity index (χ3v) is 1.95. The van der Waals surface area contributed by atoms with Crippen molar-refractivity contribution in [2.75, 3.05) is 0 Å². The lowest BCUT2D eigenvalue weighted by atomic mass is 10.3. The van der Waals surface area contributed by atoms with E-state index >= 15 is 0 Å². The summed E-state index contributed by atoms with van der Waals surface area (Å²) >= 11 is 3.27. The molecule has 0 saturated heterocycles. The van der Waals surface area contributed by atoms with Gasteiger partial charge in [0.1, 0.15) is 5.75 Å². The van der Waals surface area contributed by atoms with E-state index in [-0.39, 0.29) is 0 Å². The lowest BCUT2D eigenvalue weighted by Crippen LogP contribution is -1.88. The Balaban J connectivity index is 3.17. The molecule has 0 spiro atoms. The topological polar surface area (TPSA) is 20.2 Å². The highest BCUT2D eigenvalue weighted by Crippen LogP contribution is 2.14. The van der Waals surface area contributed by atoms with Crippen molar-refractivity contribution in [1.82, 2.24) is 0 Å². The molecule has 0 amide bonds. The first-order chi connectivity index (χ1) is 4.20. The van der Waals surface area contributed by atoms with Crippen LogP contribution in [0, 0.1) is 0 Å². The van der Waals surface area contributed by atoms with Gasteiger partial charge in [0.2, 0.25) is 0 Å². The molecule has 1 unspecified atom stereocenters. The summed E-state index contributed by atoms with van der Waals surface area (Å²) in [5, 5.41) is 9.81. The summed E-state index contributed by atoms with van der Waals surface area (Å²) in [6, 6.07) is 5.27. The van der Waals surface area contributed by atoms with Crippen molar-refractivity contribution < 1.29 is 5.11 Å². The Morgan fingerprint density at radius 3 is 2.56 bits per heavy atom. The Morgan fingerprint density at radius 2 is 2.11 bits per heavy atom. The fraction of sp³-hybridized carbons (Fsp3) is 0. The summed E-state index contributed by atoms with van der Waals surface area (Å²) in [7, 11) is 2.44. The normalized spacial score (nSPS) is 9.56. The first-order valence-corrected chi connectivity index (χ1v) is 3.81. The van der Waals surface area contributed by atoms with Gasteiger partial charge in [0, 0.05) is 9.78 Å². The highest BCUT2D eigenvalue weighted by Gasteiger charge is 1.93. The van der Waals surface area contributed by atoms with Gasteiger partial charge in [-0.25, -0.2) is 0 Å². The molecule has 0 radical (unpaired) electrons. The van der Waals surface area contributed by atoms with Gasteiger partial charge in [0.15, 0.2) is 0 Å². The van der Waals surface area contributed by atoms with Crippen molar-refractivity contribution in [2.45, 2.75) is 0 Å². The van der Waals surface area contributed by atoms with Crippen molar-refractivity contribution in [3.05, 3.63) is 22.7 Å². The fourth-order valence-corrected chi connectivity index (χ4v) is 1.42. The Hall–Kier alpha value is -0.0700. The number of rotatable bonds is 0. The second-order valence-corrected chi connectivity index (χ2v) is 3.24. The van der Waals surface area contributed by atoms with Gasteiger partial charge in [-0.15, -0.1) is 9.24 Å². The maximum atomic E-state index is 9.00. The number of hydrogen-bond acceptors (Lipinski definition) is 1. The molecule has 9 heavy (non-hydrogen) atoms. The van der Waals surface area contributed by atoms with Gasteiger partial charge in [-0.3, -0.25) is 0 Å². The molecular formula is C6H6BrOP. The summed E-state index contributed by atoms with van der Waals surface area (Å²) in [4.78, 5) is 0. The van der Waals surface area contributed by atoms with E-state index in [2.05, 4.69) is 25.2 Å². The zero-order chi connectivity index (χ0) is 6.85. The van der Waals surface area contributed by atoms with Crippen LogP contribution in [-0.2, 0) is 0 Å². The number of halogens is 1. The summed E-state index contributed by atoms with van der Waals surface area (Å²) < 4.78 is 0.977. The molecule has 0 saturated carbocycles. The van der Waals surface area contributed by atoms with Crippen LogP contribution in [0.15, 0.2) is 22.7 Å². The molecule has 1 aromatic carbocycles. The molecule has 0 bridgehead atoms. The summed E-state index contributed by atoms with van der Waals surface area (Å²) in [5.74, 6) is 0.309. The molecule has 1 atom stereocenters. The number of hydrogen-bond donors (Lipinski definition) is 1. The van der Waals surface area contributed by atoms with Crippen molar-refractivity contribution in [3.63, 3.8) is 0 Å². The Kier molecular flexibility index (Phi) is 2.09. The van der Waals surface area contributed by atoms with Gasteiger partial charge in [-0.1, -0.05) is 15.9 Å². The average Bonchev–Trinajstić information content (AvgIpc) is 1.80. The second kappa shape index (κ2) is 2.68. The summed E-state index contributed by atoms with van der Waals surface area (Å²) in [6.45, 7) is 0. The van der Waals surface area contributed by atoms with E-state index in [9.17, 15) is 0 Å². The van der Waals surface area contributed by atoms with Crippen LogP contribution in [0.5, 0.6) is 5.75 Å². The maximum Gasteiger partial charge on any atom is 0.122 e. The number of aromatic hydroxyl groups is 1. The van der Waals surface area contributed by atoms with Crippen LogP contribution in [-0.4, -0.2) is 5.11 Å². The number of phenolic OH excluding ortho intramolecular Hbond substituents is 1. The molecule has 3 heteroatoms. The molecule has 0 aromatic heterocycles. The minimum atomic E-state index is 0.309. The molecule has 1 rings (SSSR count).